The third-order valence-corrected chi connectivity index (χ3v) is 16.0. The number of hydrogen-bond acceptors (Lipinski definition) is 18. The zero-order valence-corrected chi connectivity index (χ0v) is 43.4. The van der Waals surface area contributed by atoms with Crippen LogP contribution >= 0.6 is 11.3 Å². The lowest BCUT2D eigenvalue weighted by molar-refractivity contribution is -0.318. The Balaban J connectivity index is 1.42. The molecule has 3 aliphatic heterocycles. The summed E-state index contributed by atoms with van der Waals surface area (Å²) in [6.45, 7) is 21.5. The average molecular weight is 969 g/mol. The first kappa shape index (κ1) is 55.7. The van der Waals surface area contributed by atoms with Gasteiger partial charge in [-0.15, -0.1) is 16.4 Å². The van der Waals surface area contributed by atoms with Crippen LogP contribution in [0.3, 0.4) is 0 Å². The smallest absolute Gasteiger partial charge is 0.311 e. The van der Waals surface area contributed by atoms with Gasteiger partial charge in [-0.05, 0) is 114 Å². The maximum absolute atomic E-state index is 14.5. The van der Waals surface area contributed by atoms with Crippen LogP contribution in [0.4, 0.5) is 0 Å². The summed E-state index contributed by atoms with van der Waals surface area (Å²) in [6, 6.07) is -0.917. The Morgan fingerprint density at radius 2 is 1.70 bits per heavy atom. The first-order valence-electron chi connectivity index (χ1n) is 24.4. The highest BCUT2D eigenvalue weighted by Crippen LogP contribution is 2.40. The number of esters is 1. The molecule has 5 heterocycles. The Hall–Kier alpha value is -2.24. The summed E-state index contributed by atoms with van der Waals surface area (Å²) in [4.78, 5) is 24.1. The highest BCUT2D eigenvalue weighted by Gasteiger charge is 2.53. The molecule has 0 bridgehead atoms. The molecule has 18 nitrogen and oxygen atoms in total. The quantitative estimate of drug-likeness (QED) is 0.171. The Bertz CT molecular complexity index is 1850. The van der Waals surface area contributed by atoms with Crippen LogP contribution in [0.25, 0.3) is 0 Å². The predicted molar refractivity (Wildman–Crippen MR) is 252 cm³/mol. The van der Waals surface area contributed by atoms with Crippen molar-refractivity contribution in [2.45, 2.75) is 218 Å². The summed E-state index contributed by atoms with van der Waals surface area (Å²) in [5.74, 6) is -2.71. The van der Waals surface area contributed by atoms with E-state index in [9.17, 15) is 30.3 Å². The molecule has 3 fully saturated rings. The Morgan fingerprint density at radius 1 is 1.00 bits per heavy atom. The van der Waals surface area contributed by atoms with Crippen molar-refractivity contribution in [2.24, 2.45) is 17.8 Å². The van der Waals surface area contributed by atoms with Crippen LogP contribution in [-0.4, -0.2) is 186 Å². The zero-order chi connectivity index (χ0) is 49.8. The Kier molecular flexibility index (Phi) is 19.4. The van der Waals surface area contributed by atoms with E-state index < -0.39 is 96.0 Å². The number of aromatic nitrogens is 4. The second kappa shape index (κ2) is 23.3. The molecule has 0 aliphatic carbocycles. The highest BCUT2D eigenvalue weighted by atomic mass is 32.1. The number of methoxy groups -OCH3 is 1. The monoisotopic (exact) mass is 969 g/mol. The van der Waals surface area contributed by atoms with Crippen molar-refractivity contribution in [3.8, 4) is 0 Å². The second-order valence-corrected chi connectivity index (χ2v) is 21.8. The maximum Gasteiger partial charge on any atom is 0.311 e. The van der Waals surface area contributed by atoms with E-state index >= 15 is 0 Å². The van der Waals surface area contributed by atoms with Gasteiger partial charge in [-0.25, -0.2) is 4.98 Å². The molecule has 0 spiro atoms. The number of likely N-dealkylation sites (N-methyl/N-ethyl adjacent to an activating group) is 2. The van der Waals surface area contributed by atoms with Crippen molar-refractivity contribution in [1.29, 1.82) is 0 Å². The zero-order valence-electron chi connectivity index (χ0n) is 42.6. The third-order valence-electron chi connectivity index (χ3n) is 15.1. The minimum absolute atomic E-state index is 0.114. The largest absolute Gasteiger partial charge is 0.459 e. The molecule has 384 valence electrons. The van der Waals surface area contributed by atoms with Gasteiger partial charge >= 0.3 is 5.97 Å². The number of rotatable bonds is 14. The first-order chi connectivity index (χ1) is 31.3. The molecule has 0 unspecified atom stereocenters. The number of aliphatic hydroxyl groups is 5. The topological polar surface area (TPSA) is 224 Å². The SMILES string of the molecule is CC[C@H]1OC(=O)[C@H](C)[C@@H](O[C@H]2C[C@@](C)(OC)[C@@H](O)[C@H](C)O2)[C@H](C)[C@@H](O[C@@H]2O[C@H](C)C[C@H](N(C)CCCc3cn(CCc4scnc4C)nn3)[C@H]2O)[C@](C)(O)C[C@@H](C)CN(C)[C@H](C)[C@@H](O)[C@]1(C)O. The first-order valence-corrected chi connectivity index (χ1v) is 25.3. The van der Waals surface area contributed by atoms with Gasteiger partial charge in [-0.3, -0.25) is 9.48 Å². The summed E-state index contributed by atoms with van der Waals surface area (Å²) in [5.41, 5.74) is -0.676. The molecule has 3 aliphatic rings. The van der Waals surface area contributed by atoms with E-state index in [0.29, 0.717) is 25.9 Å². The second-order valence-electron chi connectivity index (χ2n) is 20.9. The van der Waals surface area contributed by atoms with Crippen LogP contribution in [0.1, 0.15) is 118 Å². The van der Waals surface area contributed by atoms with E-state index in [0.717, 1.165) is 30.8 Å². The molecule has 2 aromatic heterocycles. The van der Waals surface area contributed by atoms with Crippen molar-refractivity contribution in [2.75, 3.05) is 34.3 Å². The number of aliphatic hydroxyl groups excluding tert-OH is 3. The molecule has 0 aromatic carbocycles. The standard InChI is InChI=1S/C48H84N6O12S/c1-15-37-48(11,60)41(56)32(7)53(13)24-27(2)22-46(9,59)43(29(4)40(30(5)44(58)64-37)65-38-23-47(10,61-14)42(57)33(8)63-38)66-45-39(55)35(21-28(3)62-45)52(12)19-16-17-34-25-54(51-50-34)20-18-36-31(6)49-26-67-36/h25-30,32-33,35,37-43,45,55-57,59-60H,15-24H2,1-14H3/t27-,28-,29+,30-,32-,33+,35+,37-,38+,39-,40+,41-,42+,43-,45+,46-,47-,48-/m1/s1. The normalized spacial score (nSPS) is 41.2. The molecule has 5 N–H and O–H groups in total. The fourth-order valence-electron chi connectivity index (χ4n) is 10.7. The molecule has 5 rings (SSSR count). The molecule has 0 saturated carbocycles. The molecule has 3 saturated heterocycles. The van der Waals surface area contributed by atoms with Crippen LogP contribution in [-0.2, 0) is 52.6 Å². The van der Waals surface area contributed by atoms with Crippen LogP contribution in [0.5, 0.6) is 0 Å². The van der Waals surface area contributed by atoms with Crippen molar-refractivity contribution in [3.63, 3.8) is 0 Å². The number of thiazole rings is 1. The van der Waals surface area contributed by atoms with Gasteiger partial charge in [0.2, 0.25) is 0 Å². The van der Waals surface area contributed by atoms with E-state index in [4.69, 9.17) is 28.4 Å². The highest BCUT2D eigenvalue weighted by molar-refractivity contribution is 7.09. The maximum atomic E-state index is 14.5. The van der Waals surface area contributed by atoms with Crippen LogP contribution < -0.4 is 0 Å². The van der Waals surface area contributed by atoms with E-state index in [1.165, 1.54) is 18.9 Å². The van der Waals surface area contributed by atoms with E-state index in [1.54, 1.807) is 46.0 Å². The van der Waals surface area contributed by atoms with Gasteiger partial charge in [-0.2, -0.15) is 0 Å². The molecule has 0 amide bonds. The van der Waals surface area contributed by atoms with Crippen LogP contribution in [0.15, 0.2) is 11.7 Å². The molecular formula is C48H84N6O12S. The molecule has 0 radical (unpaired) electrons. The fourth-order valence-corrected chi connectivity index (χ4v) is 11.5. The summed E-state index contributed by atoms with van der Waals surface area (Å²) in [7, 11) is 5.33. The van der Waals surface area contributed by atoms with Gasteiger partial charge < -0.3 is 63.8 Å². The number of nitrogens with zero attached hydrogens (tertiary/aromatic N) is 6. The number of ether oxygens (including phenoxy) is 6. The van der Waals surface area contributed by atoms with Crippen molar-refractivity contribution >= 4 is 17.3 Å². The van der Waals surface area contributed by atoms with E-state index in [1.807, 2.05) is 70.0 Å². The number of hydrogen-bond donors (Lipinski definition) is 5. The average Bonchev–Trinajstić information content (AvgIpc) is 3.91. The van der Waals surface area contributed by atoms with Gasteiger partial charge in [0.15, 0.2) is 12.6 Å². The van der Waals surface area contributed by atoms with Gasteiger partial charge in [0, 0.05) is 62.1 Å². The summed E-state index contributed by atoms with van der Waals surface area (Å²) in [5, 5.41) is 68.3. The van der Waals surface area contributed by atoms with Crippen molar-refractivity contribution in [3.05, 3.63) is 28.0 Å². The summed E-state index contributed by atoms with van der Waals surface area (Å²) < 4.78 is 40.1. The molecule has 67 heavy (non-hydrogen) atoms. The van der Waals surface area contributed by atoms with Crippen molar-refractivity contribution < 1.29 is 58.7 Å². The predicted octanol–water partition coefficient (Wildman–Crippen LogP) is 3.50. The molecule has 2 aromatic rings. The number of cyclic esters (lactones) is 1. The molecule has 19 heteroatoms. The molecular weight excluding hydrogens is 885 g/mol. The van der Waals surface area contributed by atoms with Gasteiger partial charge in [0.05, 0.1) is 58.4 Å². The van der Waals surface area contributed by atoms with Crippen LogP contribution in [0.2, 0.25) is 0 Å². The minimum atomic E-state index is -1.82. The third kappa shape index (κ3) is 13.4. The minimum Gasteiger partial charge on any atom is -0.459 e. The lowest BCUT2D eigenvalue weighted by Gasteiger charge is -2.49. The van der Waals surface area contributed by atoms with Gasteiger partial charge in [0.1, 0.15) is 30.0 Å². The fraction of sp³-hybridized carbons (Fsp3) is 0.875. The lowest BCUT2D eigenvalue weighted by atomic mass is 9.77. The van der Waals surface area contributed by atoms with E-state index in [2.05, 4.69) is 20.2 Å². The van der Waals surface area contributed by atoms with Crippen LogP contribution in [0, 0.1) is 24.7 Å². The number of aryl methyl sites for hydroxylation is 4. The number of carbonyl (C=O) groups excluding carboxylic acids is 1. The summed E-state index contributed by atoms with van der Waals surface area (Å²) >= 11 is 1.65. The van der Waals surface area contributed by atoms with Crippen molar-refractivity contribution in [1.82, 2.24) is 29.8 Å². The number of carbonyl (C=O) groups is 1. The summed E-state index contributed by atoms with van der Waals surface area (Å²) in [6.07, 6.45) is -4.41. The Morgan fingerprint density at radius 3 is 2.34 bits per heavy atom. The lowest BCUT2D eigenvalue weighted by Crippen LogP contribution is -2.60. The molecule has 18 atom stereocenters. The van der Waals surface area contributed by atoms with Gasteiger partial charge in [-0.1, -0.05) is 26.0 Å². The van der Waals surface area contributed by atoms with Gasteiger partial charge in [0.25, 0.3) is 0 Å². The Labute approximate surface area is 402 Å². The van der Waals surface area contributed by atoms with E-state index in [-0.39, 0.29) is 37.3 Å².